The second kappa shape index (κ2) is 4.91. The van der Waals surface area contributed by atoms with Crippen LogP contribution in [0.4, 0.5) is 4.39 Å². The average Bonchev–Trinajstić information content (AvgIpc) is 2.35. The van der Waals surface area contributed by atoms with Crippen molar-refractivity contribution in [3.05, 3.63) is 70.0 Å². The first-order valence-corrected chi connectivity index (χ1v) is 6.08. The molecule has 0 saturated carbocycles. The lowest BCUT2D eigenvalue weighted by Gasteiger charge is -2.17. The fraction of sp³-hybridized carbons (Fsp3) is 0.250. The van der Waals surface area contributed by atoms with Gasteiger partial charge in [-0.2, -0.15) is 0 Å². The summed E-state index contributed by atoms with van der Waals surface area (Å²) in [5.74, 6) is -0.203. The number of hydrogen-bond donors (Lipinski definition) is 1. The number of nitrogens with two attached hydrogens (primary N) is 1. The molecule has 0 radical (unpaired) electrons. The molecule has 2 rings (SSSR count). The van der Waals surface area contributed by atoms with E-state index in [4.69, 9.17) is 5.73 Å². The van der Waals surface area contributed by atoms with Gasteiger partial charge in [-0.1, -0.05) is 42.0 Å². The third kappa shape index (κ3) is 2.29. The van der Waals surface area contributed by atoms with Crippen LogP contribution in [0.15, 0.2) is 36.4 Å². The van der Waals surface area contributed by atoms with Crippen LogP contribution in [0.1, 0.15) is 33.9 Å². The third-order valence-corrected chi connectivity index (χ3v) is 3.33. The number of hydrogen-bond acceptors (Lipinski definition) is 1. The van der Waals surface area contributed by atoms with Crippen LogP contribution in [0, 0.1) is 26.6 Å². The molecule has 1 unspecified atom stereocenters. The van der Waals surface area contributed by atoms with E-state index >= 15 is 0 Å². The Morgan fingerprint density at radius 2 is 1.67 bits per heavy atom. The number of rotatable bonds is 2. The predicted molar refractivity (Wildman–Crippen MR) is 73.1 cm³/mol. The van der Waals surface area contributed by atoms with Crippen LogP contribution in [0.2, 0.25) is 0 Å². The van der Waals surface area contributed by atoms with E-state index in [-0.39, 0.29) is 5.82 Å². The standard InChI is InChI=1S/C16H18FN/c1-10-7-8-11(2)14(9-10)16(18)13-6-4-5-12(3)15(13)17/h4-9,16H,18H2,1-3H3. The fourth-order valence-corrected chi connectivity index (χ4v) is 2.17. The normalized spacial score (nSPS) is 12.5. The lowest BCUT2D eigenvalue weighted by molar-refractivity contribution is 0.590. The molecule has 0 spiro atoms. The highest BCUT2D eigenvalue weighted by Gasteiger charge is 2.16. The minimum absolute atomic E-state index is 0.203. The molecule has 0 aromatic heterocycles. The first kappa shape index (κ1) is 12.8. The summed E-state index contributed by atoms with van der Waals surface area (Å²) in [5.41, 5.74) is 10.6. The summed E-state index contributed by atoms with van der Waals surface area (Å²) in [6.07, 6.45) is 0. The molecule has 0 heterocycles. The van der Waals surface area contributed by atoms with Crippen molar-refractivity contribution in [2.24, 2.45) is 5.73 Å². The van der Waals surface area contributed by atoms with Crippen LogP contribution in [0.5, 0.6) is 0 Å². The Morgan fingerprint density at radius 3 is 2.39 bits per heavy atom. The summed E-state index contributed by atoms with van der Waals surface area (Å²) in [6.45, 7) is 5.78. The van der Waals surface area contributed by atoms with E-state index in [1.54, 1.807) is 19.1 Å². The van der Waals surface area contributed by atoms with Gasteiger partial charge < -0.3 is 5.73 Å². The quantitative estimate of drug-likeness (QED) is 0.853. The molecule has 0 aliphatic rings. The minimum Gasteiger partial charge on any atom is -0.320 e. The smallest absolute Gasteiger partial charge is 0.131 e. The predicted octanol–water partition coefficient (Wildman–Crippen LogP) is 3.80. The molecular formula is C16H18FN. The first-order valence-electron chi connectivity index (χ1n) is 6.08. The van der Waals surface area contributed by atoms with Gasteiger partial charge >= 0.3 is 0 Å². The van der Waals surface area contributed by atoms with Crippen LogP contribution in [0.25, 0.3) is 0 Å². The topological polar surface area (TPSA) is 26.0 Å². The van der Waals surface area contributed by atoms with E-state index < -0.39 is 6.04 Å². The third-order valence-electron chi connectivity index (χ3n) is 3.33. The van der Waals surface area contributed by atoms with Gasteiger partial charge in [0, 0.05) is 5.56 Å². The Balaban J connectivity index is 2.51. The summed E-state index contributed by atoms with van der Waals surface area (Å²) in [4.78, 5) is 0. The average molecular weight is 243 g/mol. The van der Waals surface area contributed by atoms with Gasteiger partial charge in [0.15, 0.2) is 0 Å². The van der Waals surface area contributed by atoms with Gasteiger partial charge in [0.2, 0.25) is 0 Å². The number of benzene rings is 2. The lowest BCUT2D eigenvalue weighted by atomic mass is 9.93. The molecule has 0 aliphatic heterocycles. The van der Waals surface area contributed by atoms with E-state index in [2.05, 4.69) is 0 Å². The van der Waals surface area contributed by atoms with E-state index in [0.29, 0.717) is 11.1 Å². The van der Waals surface area contributed by atoms with Crippen molar-refractivity contribution in [1.29, 1.82) is 0 Å². The van der Waals surface area contributed by atoms with E-state index in [9.17, 15) is 4.39 Å². The second-order valence-electron chi connectivity index (χ2n) is 4.82. The molecule has 2 heteroatoms. The van der Waals surface area contributed by atoms with Gasteiger partial charge in [-0.25, -0.2) is 4.39 Å². The Bertz CT molecular complexity index is 573. The second-order valence-corrected chi connectivity index (χ2v) is 4.82. The van der Waals surface area contributed by atoms with Crippen LogP contribution >= 0.6 is 0 Å². The number of aryl methyl sites for hydroxylation is 3. The van der Waals surface area contributed by atoms with Crippen molar-refractivity contribution < 1.29 is 4.39 Å². The van der Waals surface area contributed by atoms with Crippen LogP contribution in [0.3, 0.4) is 0 Å². The fourth-order valence-electron chi connectivity index (χ4n) is 2.17. The molecule has 1 nitrogen and oxygen atoms in total. The van der Waals surface area contributed by atoms with E-state index in [1.165, 1.54) is 0 Å². The molecule has 0 amide bonds. The summed E-state index contributed by atoms with van der Waals surface area (Å²) in [7, 11) is 0. The Kier molecular flexibility index (Phi) is 3.48. The lowest BCUT2D eigenvalue weighted by Crippen LogP contribution is -2.15. The summed E-state index contributed by atoms with van der Waals surface area (Å²) >= 11 is 0. The van der Waals surface area contributed by atoms with Crippen LogP contribution in [-0.4, -0.2) is 0 Å². The van der Waals surface area contributed by atoms with Crippen molar-refractivity contribution in [3.8, 4) is 0 Å². The van der Waals surface area contributed by atoms with Crippen LogP contribution in [-0.2, 0) is 0 Å². The van der Waals surface area contributed by atoms with Gasteiger partial charge in [-0.3, -0.25) is 0 Å². The molecule has 2 aromatic carbocycles. The van der Waals surface area contributed by atoms with Gasteiger partial charge in [0.05, 0.1) is 6.04 Å². The first-order chi connectivity index (χ1) is 8.50. The van der Waals surface area contributed by atoms with Crippen molar-refractivity contribution in [1.82, 2.24) is 0 Å². The highest BCUT2D eigenvalue weighted by Crippen LogP contribution is 2.26. The van der Waals surface area contributed by atoms with Gasteiger partial charge in [0.25, 0.3) is 0 Å². The summed E-state index contributed by atoms with van der Waals surface area (Å²) < 4.78 is 14.1. The molecule has 0 saturated heterocycles. The zero-order valence-corrected chi connectivity index (χ0v) is 11.0. The van der Waals surface area contributed by atoms with Gasteiger partial charge in [-0.15, -0.1) is 0 Å². The van der Waals surface area contributed by atoms with Crippen molar-refractivity contribution >= 4 is 0 Å². The maximum atomic E-state index is 14.1. The van der Waals surface area contributed by atoms with Gasteiger partial charge in [-0.05, 0) is 37.5 Å². The summed E-state index contributed by atoms with van der Waals surface area (Å²) in [6, 6.07) is 11.0. The van der Waals surface area contributed by atoms with Crippen molar-refractivity contribution in [2.45, 2.75) is 26.8 Å². The molecular weight excluding hydrogens is 225 g/mol. The molecule has 0 bridgehead atoms. The number of halogens is 1. The molecule has 0 aliphatic carbocycles. The van der Waals surface area contributed by atoms with Gasteiger partial charge in [0.1, 0.15) is 5.82 Å². The molecule has 0 fully saturated rings. The molecule has 2 N–H and O–H groups in total. The van der Waals surface area contributed by atoms with Crippen LogP contribution < -0.4 is 5.73 Å². The zero-order valence-electron chi connectivity index (χ0n) is 11.0. The molecule has 18 heavy (non-hydrogen) atoms. The Morgan fingerprint density at radius 1 is 0.944 bits per heavy atom. The van der Waals surface area contributed by atoms with Crippen molar-refractivity contribution in [2.75, 3.05) is 0 Å². The molecule has 2 aromatic rings. The zero-order chi connectivity index (χ0) is 13.3. The minimum atomic E-state index is -0.412. The van der Waals surface area contributed by atoms with E-state index in [0.717, 1.165) is 16.7 Å². The van der Waals surface area contributed by atoms with Crippen molar-refractivity contribution in [3.63, 3.8) is 0 Å². The van der Waals surface area contributed by atoms with E-state index in [1.807, 2.05) is 38.1 Å². The monoisotopic (exact) mass is 243 g/mol. The highest BCUT2D eigenvalue weighted by atomic mass is 19.1. The highest BCUT2D eigenvalue weighted by molar-refractivity contribution is 5.40. The summed E-state index contributed by atoms with van der Waals surface area (Å²) in [5, 5.41) is 0. The molecule has 94 valence electrons. The Labute approximate surface area is 107 Å². The largest absolute Gasteiger partial charge is 0.320 e. The maximum Gasteiger partial charge on any atom is 0.131 e. The molecule has 1 atom stereocenters. The SMILES string of the molecule is Cc1ccc(C)c(C(N)c2cccc(C)c2F)c1. The maximum absolute atomic E-state index is 14.1. The Hall–Kier alpha value is -1.67.